The maximum absolute atomic E-state index is 12.6. The van der Waals surface area contributed by atoms with Gasteiger partial charge in [-0.3, -0.25) is 4.79 Å². The molecule has 0 aromatic rings. The quantitative estimate of drug-likeness (QED) is 0.593. The van der Waals surface area contributed by atoms with Gasteiger partial charge in [0.2, 0.25) is 0 Å². The number of ether oxygens (including phenoxy) is 2. The lowest BCUT2D eigenvalue weighted by Gasteiger charge is -2.38. The van der Waals surface area contributed by atoms with Gasteiger partial charge in [-0.2, -0.15) is 0 Å². The number of hydrogen-bond acceptors (Lipinski definition) is 4. The Morgan fingerprint density at radius 3 is 2.73 bits per heavy atom. The molecule has 4 heteroatoms. The van der Waals surface area contributed by atoms with E-state index in [0.717, 1.165) is 17.6 Å². The molecule has 114 valence electrons. The van der Waals surface area contributed by atoms with Crippen LogP contribution in [-0.2, 0) is 19.1 Å². The first-order valence-corrected chi connectivity index (χ1v) is 7.20. The van der Waals surface area contributed by atoms with Crippen LogP contribution >= 0.6 is 0 Å². The summed E-state index contributed by atoms with van der Waals surface area (Å²) >= 11 is 0. The number of carbonyl (C=O) groups excluding carboxylic acids is 2. The second kappa shape index (κ2) is 5.13. The summed E-state index contributed by atoms with van der Waals surface area (Å²) in [5.74, 6) is -0.926. The van der Waals surface area contributed by atoms with Crippen molar-refractivity contribution in [3.8, 4) is 0 Å². The Bertz CT molecular complexity index is 677. The fourth-order valence-electron chi connectivity index (χ4n) is 3.93. The molecule has 1 saturated carbocycles. The molecule has 0 heterocycles. The Morgan fingerprint density at radius 2 is 2.09 bits per heavy atom. The molecule has 3 rings (SSSR count). The van der Waals surface area contributed by atoms with Gasteiger partial charge < -0.3 is 9.47 Å². The number of rotatable bonds is 3. The first-order valence-electron chi connectivity index (χ1n) is 7.20. The van der Waals surface area contributed by atoms with Crippen LogP contribution in [0, 0.1) is 17.3 Å². The van der Waals surface area contributed by atoms with Crippen molar-refractivity contribution in [3.63, 3.8) is 0 Å². The second-order valence-corrected chi connectivity index (χ2v) is 5.70. The lowest BCUT2D eigenvalue weighted by atomic mass is 9.64. The van der Waals surface area contributed by atoms with Gasteiger partial charge >= 0.3 is 11.9 Å². The molecule has 0 radical (unpaired) electrons. The van der Waals surface area contributed by atoms with Crippen LogP contribution in [0.25, 0.3) is 0 Å². The van der Waals surface area contributed by atoms with E-state index in [1.54, 1.807) is 18.2 Å². The average molecular weight is 298 g/mol. The van der Waals surface area contributed by atoms with Crippen molar-refractivity contribution in [2.75, 3.05) is 14.2 Å². The first-order chi connectivity index (χ1) is 10.6. The lowest BCUT2D eigenvalue weighted by molar-refractivity contribution is -0.152. The summed E-state index contributed by atoms with van der Waals surface area (Å²) in [5, 5.41) is 0. The van der Waals surface area contributed by atoms with E-state index in [0.29, 0.717) is 5.57 Å². The van der Waals surface area contributed by atoms with Crippen molar-refractivity contribution in [1.82, 2.24) is 0 Å². The van der Waals surface area contributed by atoms with Gasteiger partial charge in [-0.1, -0.05) is 42.0 Å². The van der Waals surface area contributed by atoms with Crippen molar-refractivity contribution < 1.29 is 19.1 Å². The smallest absolute Gasteiger partial charge is 0.338 e. The normalized spacial score (nSPS) is 31.5. The van der Waals surface area contributed by atoms with Gasteiger partial charge in [0.25, 0.3) is 0 Å². The third-order valence-electron chi connectivity index (χ3n) is 4.88. The maximum atomic E-state index is 12.6. The Kier molecular flexibility index (Phi) is 3.39. The highest BCUT2D eigenvalue weighted by Crippen LogP contribution is 2.59. The third kappa shape index (κ3) is 1.70. The van der Waals surface area contributed by atoms with Crippen molar-refractivity contribution >= 4 is 11.9 Å². The molecule has 0 amide bonds. The molecule has 3 aliphatic rings. The van der Waals surface area contributed by atoms with E-state index in [2.05, 4.69) is 6.58 Å². The molecule has 0 aromatic carbocycles. The molecule has 3 atom stereocenters. The summed E-state index contributed by atoms with van der Waals surface area (Å²) in [6.45, 7) is 3.88. The van der Waals surface area contributed by atoms with Crippen molar-refractivity contribution in [3.05, 3.63) is 59.8 Å². The molecular formula is C18H18O4. The second-order valence-electron chi connectivity index (χ2n) is 5.70. The monoisotopic (exact) mass is 298 g/mol. The minimum Gasteiger partial charge on any atom is -0.468 e. The summed E-state index contributed by atoms with van der Waals surface area (Å²) in [6, 6.07) is 0. The molecule has 0 aliphatic heterocycles. The lowest BCUT2D eigenvalue weighted by Crippen LogP contribution is -2.42. The van der Waals surface area contributed by atoms with Gasteiger partial charge in [0.15, 0.2) is 0 Å². The predicted octanol–water partition coefficient (Wildman–Crippen LogP) is 2.50. The van der Waals surface area contributed by atoms with E-state index < -0.39 is 11.4 Å². The summed E-state index contributed by atoms with van der Waals surface area (Å²) in [5.41, 5.74) is 1.62. The molecule has 0 bridgehead atoms. The van der Waals surface area contributed by atoms with E-state index >= 15 is 0 Å². The van der Waals surface area contributed by atoms with Crippen LogP contribution in [0.1, 0.15) is 6.42 Å². The standard InChI is InChI=1S/C18H18O4/c1-4-12-10-11-6-5-7-13-14(16(19)21-2)8-9-18(12,15(11)13)17(20)22-3/h4-9,12,15H,1,10H2,2-3H3/t12-,15?,18+/m1/s1. The van der Waals surface area contributed by atoms with Gasteiger partial charge in [-0.15, -0.1) is 6.58 Å². The van der Waals surface area contributed by atoms with Crippen molar-refractivity contribution in [1.29, 1.82) is 0 Å². The molecule has 0 aromatic heterocycles. The topological polar surface area (TPSA) is 52.6 Å². The van der Waals surface area contributed by atoms with Gasteiger partial charge in [0.05, 0.1) is 19.8 Å². The summed E-state index contributed by atoms with van der Waals surface area (Å²) in [6.07, 6.45) is 11.8. The van der Waals surface area contributed by atoms with Crippen LogP contribution in [0.15, 0.2) is 59.8 Å². The number of allylic oxidation sites excluding steroid dienone is 6. The van der Waals surface area contributed by atoms with Crippen LogP contribution in [0.3, 0.4) is 0 Å². The number of methoxy groups -OCH3 is 2. The predicted molar refractivity (Wildman–Crippen MR) is 81.6 cm³/mol. The Hall–Kier alpha value is -2.36. The summed E-state index contributed by atoms with van der Waals surface area (Å²) in [4.78, 5) is 24.6. The zero-order valence-electron chi connectivity index (χ0n) is 12.7. The molecule has 1 fully saturated rings. The molecule has 22 heavy (non-hydrogen) atoms. The Morgan fingerprint density at radius 1 is 1.32 bits per heavy atom. The first kappa shape index (κ1) is 14.6. The van der Waals surface area contributed by atoms with E-state index in [9.17, 15) is 9.59 Å². The van der Waals surface area contributed by atoms with Crippen LogP contribution in [-0.4, -0.2) is 26.2 Å². The van der Waals surface area contributed by atoms with Crippen LogP contribution in [0.5, 0.6) is 0 Å². The van der Waals surface area contributed by atoms with Crippen molar-refractivity contribution in [2.45, 2.75) is 6.42 Å². The minimum atomic E-state index is -0.819. The zero-order valence-corrected chi connectivity index (χ0v) is 12.7. The van der Waals surface area contributed by atoms with E-state index in [1.807, 2.05) is 18.2 Å². The molecule has 0 N–H and O–H groups in total. The van der Waals surface area contributed by atoms with Gasteiger partial charge in [-0.25, -0.2) is 4.79 Å². The fraction of sp³-hybridized carbons (Fsp3) is 0.333. The molecule has 0 spiro atoms. The molecule has 0 saturated heterocycles. The number of esters is 2. The third-order valence-corrected chi connectivity index (χ3v) is 4.88. The molecule has 4 nitrogen and oxygen atoms in total. The van der Waals surface area contributed by atoms with Gasteiger partial charge in [-0.05, 0) is 12.0 Å². The minimum absolute atomic E-state index is 0.0541. The van der Waals surface area contributed by atoms with Crippen LogP contribution in [0.2, 0.25) is 0 Å². The summed E-state index contributed by atoms with van der Waals surface area (Å²) < 4.78 is 9.95. The van der Waals surface area contributed by atoms with Crippen LogP contribution in [0.4, 0.5) is 0 Å². The maximum Gasteiger partial charge on any atom is 0.338 e. The molecule has 3 aliphatic carbocycles. The Balaban J connectivity index is 2.22. The summed E-state index contributed by atoms with van der Waals surface area (Å²) in [7, 11) is 2.75. The number of carbonyl (C=O) groups is 2. The van der Waals surface area contributed by atoms with Gasteiger partial charge in [0.1, 0.15) is 5.41 Å². The zero-order chi connectivity index (χ0) is 15.9. The van der Waals surface area contributed by atoms with E-state index in [1.165, 1.54) is 14.2 Å². The van der Waals surface area contributed by atoms with Crippen molar-refractivity contribution in [2.24, 2.45) is 17.3 Å². The largest absolute Gasteiger partial charge is 0.468 e. The SMILES string of the molecule is C=C[C@@H]1CC2=CC=CC3=C(C(=O)OC)C=C[C@@]1(C(=O)OC)C23. The fourth-order valence-corrected chi connectivity index (χ4v) is 3.93. The highest BCUT2D eigenvalue weighted by molar-refractivity contribution is 5.96. The van der Waals surface area contributed by atoms with E-state index in [4.69, 9.17) is 9.47 Å². The van der Waals surface area contributed by atoms with Gasteiger partial charge in [0, 0.05) is 11.8 Å². The highest BCUT2D eigenvalue weighted by Gasteiger charge is 2.59. The van der Waals surface area contributed by atoms with E-state index in [-0.39, 0.29) is 17.8 Å². The molecular weight excluding hydrogens is 280 g/mol. The Labute approximate surface area is 129 Å². The number of hydrogen-bond donors (Lipinski definition) is 0. The molecule has 1 unspecified atom stereocenters. The average Bonchev–Trinajstić information content (AvgIpc) is 2.90. The highest BCUT2D eigenvalue weighted by atomic mass is 16.5. The van der Waals surface area contributed by atoms with Crippen LogP contribution < -0.4 is 0 Å².